The number of carbonyl (C=O) groups is 3. The number of thioether (sulfide) groups is 1. The van der Waals surface area contributed by atoms with Crippen LogP contribution >= 0.6 is 11.8 Å². The highest BCUT2D eigenvalue weighted by Gasteiger charge is 2.54. The van der Waals surface area contributed by atoms with E-state index in [1.807, 2.05) is 0 Å². The molecule has 0 N–H and O–H groups in total. The topological polar surface area (TPSA) is 125 Å². The predicted octanol–water partition coefficient (Wildman–Crippen LogP) is 1.20. The zero-order valence-corrected chi connectivity index (χ0v) is 15.5. The number of nitro groups is 1. The standard InChI is InChI=1S/C17H16N2O8S/c1-25-8-14(20)26-7-12-15(21)18-13(9-28-16(12)18)17(22)27-6-10-2-4-11(5-3-10)19(23)24/h2-5,9,12,16H,6-8H2,1H3/t12?,16-/m0/s1. The van der Waals surface area contributed by atoms with Gasteiger partial charge in [-0.2, -0.15) is 0 Å². The average molecular weight is 408 g/mol. The summed E-state index contributed by atoms with van der Waals surface area (Å²) in [6.07, 6.45) is 0. The Morgan fingerprint density at radius 2 is 1.96 bits per heavy atom. The van der Waals surface area contributed by atoms with Gasteiger partial charge in [0.2, 0.25) is 5.91 Å². The summed E-state index contributed by atoms with van der Waals surface area (Å²) in [6.45, 7) is -0.349. The highest BCUT2D eigenvalue weighted by atomic mass is 32.2. The van der Waals surface area contributed by atoms with Crippen LogP contribution in [0.5, 0.6) is 0 Å². The van der Waals surface area contributed by atoms with Gasteiger partial charge in [-0.05, 0) is 17.7 Å². The maximum absolute atomic E-state index is 12.3. The van der Waals surface area contributed by atoms with Gasteiger partial charge in [-0.3, -0.25) is 19.8 Å². The Kier molecular flexibility index (Phi) is 5.95. The molecule has 0 spiro atoms. The van der Waals surface area contributed by atoms with Crippen LogP contribution in [0.1, 0.15) is 5.56 Å². The zero-order valence-electron chi connectivity index (χ0n) is 14.7. The van der Waals surface area contributed by atoms with E-state index in [2.05, 4.69) is 4.74 Å². The number of methoxy groups -OCH3 is 1. The van der Waals surface area contributed by atoms with Crippen molar-refractivity contribution in [3.63, 3.8) is 0 Å². The fourth-order valence-corrected chi connectivity index (χ4v) is 3.91. The highest BCUT2D eigenvalue weighted by Crippen LogP contribution is 2.45. The van der Waals surface area contributed by atoms with Crippen molar-refractivity contribution < 1.29 is 33.5 Å². The van der Waals surface area contributed by atoms with Crippen molar-refractivity contribution in [3.05, 3.63) is 51.0 Å². The number of nitro benzene ring substituents is 1. The van der Waals surface area contributed by atoms with E-state index in [-0.39, 0.29) is 42.5 Å². The minimum Gasteiger partial charge on any atom is -0.463 e. The van der Waals surface area contributed by atoms with Gasteiger partial charge < -0.3 is 14.2 Å². The largest absolute Gasteiger partial charge is 0.463 e. The normalized spacial score (nSPS) is 20.1. The Morgan fingerprint density at radius 3 is 2.61 bits per heavy atom. The molecular formula is C17H16N2O8S. The summed E-state index contributed by atoms with van der Waals surface area (Å²) in [6, 6.07) is 5.62. The third-order valence-corrected chi connectivity index (χ3v) is 5.32. The second-order valence-corrected chi connectivity index (χ2v) is 6.95. The lowest BCUT2D eigenvalue weighted by atomic mass is 9.98. The average Bonchev–Trinajstić information content (AvgIpc) is 3.07. The molecule has 2 aliphatic rings. The van der Waals surface area contributed by atoms with E-state index >= 15 is 0 Å². The third-order valence-electron chi connectivity index (χ3n) is 4.14. The fraction of sp³-hybridized carbons (Fsp3) is 0.353. The number of amides is 1. The lowest BCUT2D eigenvalue weighted by Gasteiger charge is -2.42. The van der Waals surface area contributed by atoms with Crippen molar-refractivity contribution in [1.29, 1.82) is 0 Å². The maximum Gasteiger partial charge on any atom is 0.355 e. The summed E-state index contributed by atoms with van der Waals surface area (Å²) >= 11 is 1.28. The smallest absolute Gasteiger partial charge is 0.355 e. The van der Waals surface area contributed by atoms with Crippen LogP contribution in [0, 0.1) is 16.0 Å². The summed E-state index contributed by atoms with van der Waals surface area (Å²) in [4.78, 5) is 47.3. The Hall–Kier alpha value is -2.92. The lowest BCUT2D eigenvalue weighted by Crippen LogP contribution is -2.59. The van der Waals surface area contributed by atoms with Crippen molar-refractivity contribution in [2.75, 3.05) is 20.3 Å². The molecule has 0 saturated carbocycles. The fourth-order valence-electron chi connectivity index (χ4n) is 2.71. The number of hydrogen-bond donors (Lipinski definition) is 0. The summed E-state index contributed by atoms with van der Waals surface area (Å²) in [7, 11) is 1.36. The third kappa shape index (κ3) is 3.99. The molecule has 28 heavy (non-hydrogen) atoms. The monoisotopic (exact) mass is 408 g/mol. The first-order valence-corrected chi connectivity index (χ1v) is 9.10. The quantitative estimate of drug-likeness (QED) is 0.270. The van der Waals surface area contributed by atoms with E-state index in [0.29, 0.717) is 5.56 Å². The summed E-state index contributed by atoms with van der Waals surface area (Å²) in [5.41, 5.74) is 0.650. The maximum atomic E-state index is 12.3. The van der Waals surface area contributed by atoms with Gasteiger partial charge in [0, 0.05) is 24.7 Å². The molecule has 3 rings (SSSR count). The van der Waals surface area contributed by atoms with Crippen molar-refractivity contribution in [2.45, 2.75) is 12.0 Å². The molecule has 1 aromatic rings. The number of β-lactam (4-membered cyclic amide) rings is 1. The molecule has 1 fully saturated rings. The van der Waals surface area contributed by atoms with Crippen LogP contribution in [-0.4, -0.2) is 53.4 Å². The Morgan fingerprint density at radius 1 is 1.25 bits per heavy atom. The summed E-state index contributed by atoms with van der Waals surface area (Å²) in [5.74, 6) is -2.08. The van der Waals surface area contributed by atoms with Gasteiger partial charge in [-0.15, -0.1) is 11.8 Å². The van der Waals surface area contributed by atoms with Crippen LogP contribution in [0.3, 0.4) is 0 Å². The Bertz CT molecular complexity index is 838. The molecule has 2 heterocycles. The number of esters is 2. The van der Waals surface area contributed by atoms with Crippen LogP contribution in [0.25, 0.3) is 0 Å². The van der Waals surface area contributed by atoms with Crippen molar-refractivity contribution >= 4 is 35.3 Å². The molecule has 0 aliphatic carbocycles. The van der Waals surface area contributed by atoms with Crippen molar-refractivity contribution in [1.82, 2.24) is 4.90 Å². The predicted molar refractivity (Wildman–Crippen MR) is 95.5 cm³/mol. The molecule has 1 saturated heterocycles. The van der Waals surface area contributed by atoms with Gasteiger partial charge in [0.15, 0.2) is 0 Å². The zero-order chi connectivity index (χ0) is 20.3. The molecular weight excluding hydrogens is 392 g/mol. The molecule has 0 radical (unpaired) electrons. The molecule has 0 aromatic heterocycles. The first-order valence-electron chi connectivity index (χ1n) is 8.16. The van der Waals surface area contributed by atoms with Crippen LogP contribution < -0.4 is 0 Å². The minimum absolute atomic E-state index is 0.0590. The highest BCUT2D eigenvalue weighted by molar-refractivity contribution is 8.03. The molecule has 148 valence electrons. The number of non-ortho nitro benzene ring substituents is 1. The number of fused-ring (bicyclic) bond motifs is 1. The van der Waals surface area contributed by atoms with Crippen molar-refractivity contribution in [2.24, 2.45) is 5.92 Å². The van der Waals surface area contributed by atoms with Crippen LogP contribution in [-0.2, 0) is 35.2 Å². The number of benzene rings is 1. The second kappa shape index (κ2) is 8.40. The van der Waals surface area contributed by atoms with Crippen molar-refractivity contribution in [3.8, 4) is 0 Å². The molecule has 1 unspecified atom stereocenters. The van der Waals surface area contributed by atoms with Crippen LogP contribution in [0.15, 0.2) is 35.4 Å². The Labute approximate surface area is 163 Å². The SMILES string of the molecule is COCC(=O)OCC1C(=O)N2C(C(=O)OCc3ccc([N+](=O)[O-])cc3)=CS[C@@H]12. The molecule has 11 heteroatoms. The number of carbonyl (C=O) groups excluding carboxylic acids is 3. The molecule has 1 aromatic carbocycles. The number of nitrogens with zero attached hydrogens (tertiary/aromatic N) is 2. The Balaban J connectivity index is 1.50. The van der Waals surface area contributed by atoms with Crippen LogP contribution in [0.4, 0.5) is 5.69 Å². The van der Waals surface area contributed by atoms with E-state index in [4.69, 9.17) is 9.47 Å². The first kappa shape index (κ1) is 19.8. The van der Waals surface area contributed by atoms with E-state index in [1.54, 1.807) is 0 Å². The molecule has 0 bridgehead atoms. The van der Waals surface area contributed by atoms with E-state index in [1.165, 1.54) is 53.4 Å². The van der Waals surface area contributed by atoms with E-state index in [0.717, 1.165) is 0 Å². The van der Waals surface area contributed by atoms with Gasteiger partial charge in [-0.25, -0.2) is 9.59 Å². The second-order valence-electron chi connectivity index (χ2n) is 5.96. The number of hydrogen-bond acceptors (Lipinski definition) is 9. The van der Waals surface area contributed by atoms with Gasteiger partial charge in [0.25, 0.3) is 5.69 Å². The number of ether oxygens (including phenoxy) is 3. The van der Waals surface area contributed by atoms with Gasteiger partial charge in [0.05, 0.1) is 4.92 Å². The van der Waals surface area contributed by atoms with Gasteiger partial charge in [-0.1, -0.05) is 0 Å². The summed E-state index contributed by atoms with van der Waals surface area (Å²) in [5, 5.41) is 11.9. The molecule has 10 nitrogen and oxygen atoms in total. The molecule has 2 atom stereocenters. The van der Waals surface area contributed by atoms with Gasteiger partial charge >= 0.3 is 11.9 Å². The lowest BCUT2D eigenvalue weighted by molar-refractivity contribution is -0.384. The van der Waals surface area contributed by atoms with E-state index < -0.39 is 22.8 Å². The minimum atomic E-state index is -0.670. The molecule has 2 aliphatic heterocycles. The first-order chi connectivity index (χ1) is 13.4. The van der Waals surface area contributed by atoms with Gasteiger partial charge in [0.1, 0.15) is 36.8 Å². The number of rotatable bonds is 8. The molecule has 1 amide bonds. The van der Waals surface area contributed by atoms with Crippen LogP contribution in [0.2, 0.25) is 0 Å². The summed E-state index contributed by atoms with van der Waals surface area (Å²) < 4.78 is 14.8. The van der Waals surface area contributed by atoms with E-state index in [9.17, 15) is 24.5 Å².